The van der Waals surface area contributed by atoms with Gasteiger partial charge in [0.2, 0.25) is 0 Å². The molecule has 0 bridgehead atoms. The van der Waals surface area contributed by atoms with E-state index < -0.39 is 11.9 Å². The molecule has 0 aromatic heterocycles. The number of rotatable bonds is 8. The number of carbonyl (C=O) groups excluding carboxylic acids is 2. The summed E-state index contributed by atoms with van der Waals surface area (Å²) in [6.45, 7) is 6.58. The molecule has 2 saturated heterocycles. The van der Waals surface area contributed by atoms with Gasteiger partial charge in [0.1, 0.15) is 13.2 Å². The zero-order valence-electron chi connectivity index (χ0n) is 15.0. The predicted molar refractivity (Wildman–Crippen MR) is 98.9 cm³/mol. The first-order valence-electron chi connectivity index (χ1n) is 9.20. The number of ether oxygens (including phenoxy) is 2. The Hall–Kier alpha value is -1.11. The Bertz CT molecular complexity index is 381. The molecule has 0 amide bonds. The number of carbonyl (C=O) groups is 2. The topological polar surface area (TPSA) is 59.1 Å². The van der Waals surface area contributed by atoms with E-state index in [2.05, 4.69) is 9.80 Å². The highest BCUT2D eigenvalue weighted by atomic mass is 35.5. The fraction of sp³-hybridized carbons (Fsp3) is 0.778. The standard InChI is InChI=1S/C18H30N2O4.ClH/c21-17(23-15-13-19-9-3-1-4-10-19)7-8-18(22)24-16-14-20-11-5-2-6-12-20;/h7-8H,1-6,9-16H2;1H/b8-7+;. The molecule has 0 aromatic carbocycles. The summed E-state index contributed by atoms with van der Waals surface area (Å²) in [5.41, 5.74) is 0. The molecule has 0 unspecified atom stereocenters. The van der Waals surface area contributed by atoms with Crippen LogP contribution in [0.3, 0.4) is 0 Å². The molecule has 2 aliphatic heterocycles. The first-order valence-corrected chi connectivity index (χ1v) is 9.20. The first kappa shape index (κ1) is 21.9. The highest BCUT2D eigenvalue weighted by molar-refractivity contribution is 5.91. The Morgan fingerprint density at radius 2 is 1.04 bits per heavy atom. The van der Waals surface area contributed by atoms with E-state index in [1.807, 2.05) is 0 Å². The van der Waals surface area contributed by atoms with E-state index in [9.17, 15) is 9.59 Å². The Morgan fingerprint density at radius 1 is 0.680 bits per heavy atom. The van der Waals surface area contributed by atoms with Crippen molar-refractivity contribution >= 4 is 24.3 Å². The van der Waals surface area contributed by atoms with Crippen LogP contribution >= 0.6 is 12.4 Å². The van der Waals surface area contributed by atoms with Crippen molar-refractivity contribution in [1.29, 1.82) is 0 Å². The molecule has 25 heavy (non-hydrogen) atoms. The van der Waals surface area contributed by atoms with Gasteiger partial charge in [-0.3, -0.25) is 9.80 Å². The molecule has 7 heteroatoms. The van der Waals surface area contributed by atoms with Crippen LogP contribution in [0, 0.1) is 0 Å². The number of halogens is 1. The fourth-order valence-corrected chi connectivity index (χ4v) is 3.15. The van der Waals surface area contributed by atoms with Gasteiger partial charge in [0.25, 0.3) is 0 Å². The molecular weight excluding hydrogens is 344 g/mol. The van der Waals surface area contributed by atoms with Gasteiger partial charge in [-0.1, -0.05) is 12.8 Å². The highest BCUT2D eigenvalue weighted by Crippen LogP contribution is 2.08. The Kier molecular flexibility index (Phi) is 11.5. The normalized spacial score (nSPS) is 19.4. The second kappa shape index (κ2) is 13.1. The van der Waals surface area contributed by atoms with E-state index in [0.29, 0.717) is 13.2 Å². The quantitative estimate of drug-likeness (QED) is 0.478. The van der Waals surface area contributed by atoms with Crippen molar-refractivity contribution in [3.63, 3.8) is 0 Å². The van der Waals surface area contributed by atoms with E-state index in [1.165, 1.54) is 38.5 Å². The van der Waals surface area contributed by atoms with Gasteiger partial charge in [0.05, 0.1) is 0 Å². The zero-order chi connectivity index (χ0) is 17.0. The van der Waals surface area contributed by atoms with Gasteiger partial charge < -0.3 is 9.47 Å². The van der Waals surface area contributed by atoms with Crippen LogP contribution in [0.1, 0.15) is 38.5 Å². The SMILES string of the molecule is Cl.O=C(/C=C/C(=O)OCCN1CCCCC1)OCCN1CCCCC1. The molecule has 144 valence electrons. The van der Waals surface area contributed by atoms with Crippen LogP contribution in [0.5, 0.6) is 0 Å². The summed E-state index contributed by atoms with van der Waals surface area (Å²) in [6, 6.07) is 0. The molecule has 0 saturated carbocycles. The van der Waals surface area contributed by atoms with Crippen LogP contribution in [0.2, 0.25) is 0 Å². The molecule has 0 atom stereocenters. The average Bonchev–Trinajstić information content (AvgIpc) is 2.62. The lowest BCUT2D eigenvalue weighted by Crippen LogP contribution is -2.33. The van der Waals surface area contributed by atoms with Gasteiger partial charge in [0.15, 0.2) is 0 Å². The molecule has 6 nitrogen and oxygen atoms in total. The molecule has 0 aliphatic carbocycles. The third kappa shape index (κ3) is 9.82. The van der Waals surface area contributed by atoms with Crippen LogP contribution in [-0.4, -0.2) is 74.2 Å². The van der Waals surface area contributed by atoms with Crippen LogP contribution in [-0.2, 0) is 19.1 Å². The fourth-order valence-electron chi connectivity index (χ4n) is 3.15. The number of hydrogen-bond donors (Lipinski definition) is 0. The second-order valence-corrected chi connectivity index (χ2v) is 6.47. The number of likely N-dealkylation sites (tertiary alicyclic amines) is 2. The van der Waals surface area contributed by atoms with Crippen molar-refractivity contribution in [3.8, 4) is 0 Å². The summed E-state index contributed by atoms with van der Waals surface area (Å²) in [4.78, 5) is 27.7. The summed E-state index contributed by atoms with van der Waals surface area (Å²) >= 11 is 0. The highest BCUT2D eigenvalue weighted by Gasteiger charge is 2.11. The lowest BCUT2D eigenvalue weighted by atomic mass is 10.1. The largest absolute Gasteiger partial charge is 0.461 e. The van der Waals surface area contributed by atoms with Gasteiger partial charge in [-0.25, -0.2) is 9.59 Å². The lowest BCUT2D eigenvalue weighted by Gasteiger charge is -2.25. The molecule has 2 heterocycles. The molecule has 2 rings (SSSR count). The molecular formula is C18H31ClN2O4. The van der Waals surface area contributed by atoms with Crippen LogP contribution in [0.4, 0.5) is 0 Å². The number of esters is 2. The third-order valence-corrected chi connectivity index (χ3v) is 4.56. The van der Waals surface area contributed by atoms with Crippen molar-refractivity contribution in [2.24, 2.45) is 0 Å². The minimum absolute atomic E-state index is 0. The summed E-state index contributed by atoms with van der Waals surface area (Å²) in [6.07, 6.45) is 9.76. The average molecular weight is 375 g/mol. The molecule has 2 aliphatic rings. The minimum atomic E-state index is -0.486. The minimum Gasteiger partial charge on any atom is -0.461 e. The maximum Gasteiger partial charge on any atom is 0.331 e. The molecule has 0 radical (unpaired) electrons. The van der Waals surface area contributed by atoms with E-state index in [1.54, 1.807) is 0 Å². The summed E-state index contributed by atoms with van der Waals surface area (Å²) in [5.74, 6) is -0.972. The van der Waals surface area contributed by atoms with E-state index >= 15 is 0 Å². The van der Waals surface area contributed by atoms with Gasteiger partial charge in [-0.15, -0.1) is 12.4 Å². The Labute approximate surface area is 156 Å². The van der Waals surface area contributed by atoms with Crippen molar-refractivity contribution in [2.75, 3.05) is 52.5 Å². The summed E-state index contributed by atoms with van der Waals surface area (Å²) < 4.78 is 10.2. The maximum absolute atomic E-state index is 11.6. The van der Waals surface area contributed by atoms with Crippen molar-refractivity contribution in [1.82, 2.24) is 9.80 Å². The van der Waals surface area contributed by atoms with E-state index in [0.717, 1.165) is 51.4 Å². The maximum atomic E-state index is 11.6. The van der Waals surface area contributed by atoms with Crippen molar-refractivity contribution in [3.05, 3.63) is 12.2 Å². The smallest absolute Gasteiger partial charge is 0.331 e. The predicted octanol–water partition coefficient (Wildman–Crippen LogP) is 2.02. The van der Waals surface area contributed by atoms with Crippen LogP contribution < -0.4 is 0 Å². The van der Waals surface area contributed by atoms with Gasteiger partial charge in [-0.05, 0) is 51.9 Å². The Balaban J connectivity index is 0.00000312. The number of hydrogen-bond acceptors (Lipinski definition) is 6. The van der Waals surface area contributed by atoms with Crippen LogP contribution in [0.15, 0.2) is 12.2 Å². The van der Waals surface area contributed by atoms with Crippen LogP contribution in [0.25, 0.3) is 0 Å². The number of nitrogens with zero attached hydrogens (tertiary/aromatic N) is 2. The second-order valence-electron chi connectivity index (χ2n) is 6.47. The monoisotopic (exact) mass is 374 g/mol. The molecule has 0 aromatic rings. The molecule has 2 fully saturated rings. The van der Waals surface area contributed by atoms with Crippen molar-refractivity contribution < 1.29 is 19.1 Å². The first-order chi connectivity index (χ1) is 11.7. The summed E-state index contributed by atoms with van der Waals surface area (Å²) in [7, 11) is 0. The van der Waals surface area contributed by atoms with Gasteiger partial charge in [-0.2, -0.15) is 0 Å². The summed E-state index contributed by atoms with van der Waals surface area (Å²) in [5, 5.41) is 0. The molecule has 0 N–H and O–H groups in total. The zero-order valence-corrected chi connectivity index (χ0v) is 15.8. The van der Waals surface area contributed by atoms with Crippen molar-refractivity contribution in [2.45, 2.75) is 38.5 Å². The van der Waals surface area contributed by atoms with E-state index in [4.69, 9.17) is 9.47 Å². The lowest BCUT2D eigenvalue weighted by molar-refractivity contribution is -0.141. The molecule has 0 spiro atoms. The number of piperidine rings is 2. The van der Waals surface area contributed by atoms with E-state index in [-0.39, 0.29) is 12.4 Å². The van der Waals surface area contributed by atoms with Gasteiger partial charge >= 0.3 is 11.9 Å². The Morgan fingerprint density at radius 3 is 1.40 bits per heavy atom. The third-order valence-electron chi connectivity index (χ3n) is 4.56. The van der Waals surface area contributed by atoms with Gasteiger partial charge in [0, 0.05) is 25.2 Å².